The second kappa shape index (κ2) is 6.65. The summed E-state index contributed by atoms with van der Waals surface area (Å²) < 4.78 is 43.8. The summed E-state index contributed by atoms with van der Waals surface area (Å²) in [6, 6.07) is 2.80. The van der Waals surface area contributed by atoms with Crippen molar-refractivity contribution in [2.75, 3.05) is 5.32 Å². The minimum absolute atomic E-state index is 0.136. The number of carbonyl (C=O) groups is 1. The van der Waals surface area contributed by atoms with Gasteiger partial charge in [-0.1, -0.05) is 6.07 Å². The summed E-state index contributed by atoms with van der Waals surface area (Å²) in [5, 5.41) is 2.29. The van der Waals surface area contributed by atoms with E-state index in [-0.39, 0.29) is 11.3 Å². The lowest BCUT2D eigenvalue weighted by Gasteiger charge is -2.25. The Morgan fingerprint density at radius 2 is 1.75 bits per heavy atom. The minimum atomic E-state index is -4.58. The van der Waals surface area contributed by atoms with Crippen LogP contribution in [0.1, 0.15) is 45.7 Å². The molecular formula is C16H19F3N2O3. The number of hydrogen-bond acceptors (Lipinski definition) is 4. The van der Waals surface area contributed by atoms with E-state index in [1.54, 1.807) is 20.8 Å². The first-order valence-electron chi connectivity index (χ1n) is 7.07. The van der Waals surface area contributed by atoms with E-state index in [4.69, 9.17) is 4.74 Å². The van der Waals surface area contributed by atoms with Crippen LogP contribution < -0.4 is 5.32 Å². The molecule has 0 aliphatic heterocycles. The van der Waals surface area contributed by atoms with Gasteiger partial charge in [-0.05, 0) is 46.8 Å². The summed E-state index contributed by atoms with van der Waals surface area (Å²) in [7, 11) is 0. The Morgan fingerprint density at radius 3 is 2.21 bits per heavy atom. The van der Waals surface area contributed by atoms with Crippen LogP contribution in [0.4, 0.5) is 23.7 Å². The minimum Gasteiger partial charge on any atom is -0.444 e. The molecule has 1 rings (SSSR count). The highest BCUT2D eigenvalue weighted by molar-refractivity contribution is 5.86. The highest BCUT2D eigenvalue weighted by atomic mass is 19.4. The van der Waals surface area contributed by atoms with Crippen LogP contribution in [0.3, 0.4) is 0 Å². The number of rotatable bonds is 3. The predicted octanol–water partition coefficient (Wildman–Crippen LogP) is 4.62. The van der Waals surface area contributed by atoms with Crippen LogP contribution >= 0.6 is 0 Å². The van der Waals surface area contributed by atoms with Crippen LogP contribution in [-0.4, -0.2) is 17.8 Å². The van der Waals surface area contributed by atoms with E-state index in [9.17, 15) is 22.8 Å². The van der Waals surface area contributed by atoms with Gasteiger partial charge in [0, 0.05) is 5.56 Å². The lowest BCUT2D eigenvalue weighted by molar-refractivity contribution is -0.137. The van der Waals surface area contributed by atoms with Crippen LogP contribution in [0.25, 0.3) is 0 Å². The number of carbonyl (C=O) groups excluding carboxylic acids is 2. The molecule has 0 aliphatic rings. The molecule has 0 saturated heterocycles. The van der Waals surface area contributed by atoms with Crippen molar-refractivity contribution in [1.82, 2.24) is 0 Å². The summed E-state index contributed by atoms with van der Waals surface area (Å²) in [5.41, 5.74) is -2.84. The van der Waals surface area contributed by atoms with E-state index in [0.717, 1.165) is 18.2 Å². The van der Waals surface area contributed by atoms with Gasteiger partial charge in [-0.2, -0.15) is 18.2 Å². The number of aliphatic imine (C=N–C) groups is 1. The molecule has 1 aromatic rings. The van der Waals surface area contributed by atoms with Crippen molar-refractivity contribution in [2.24, 2.45) is 4.99 Å². The molecule has 1 N–H and O–H groups in total. The molecule has 0 radical (unpaired) electrons. The molecule has 5 nitrogen and oxygen atoms in total. The third-order valence-electron chi connectivity index (χ3n) is 2.97. The van der Waals surface area contributed by atoms with Gasteiger partial charge in [-0.25, -0.2) is 9.59 Å². The summed E-state index contributed by atoms with van der Waals surface area (Å²) in [5.74, 6) is 0. The first-order chi connectivity index (χ1) is 10.8. The Balaban J connectivity index is 3.35. The van der Waals surface area contributed by atoms with Crippen LogP contribution in [0.15, 0.2) is 23.2 Å². The van der Waals surface area contributed by atoms with E-state index in [1.165, 1.54) is 19.9 Å². The zero-order valence-corrected chi connectivity index (χ0v) is 14.0. The molecule has 0 aliphatic carbocycles. The van der Waals surface area contributed by atoms with Crippen molar-refractivity contribution in [3.8, 4) is 0 Å². The molecule has 0 aromatic heterocycles. The lowest BCUT2D eigenvalue weighted by Crippen LogP contribution is -2.28. The Morgan fingerprint density at radius 1 is 1.17 bits per heavy atom. The Bertz CT molecular complexity index is 670. The maximum atomic E-state index is 12.9. The molecule has 0 unspecified atom stereocenters. The molecule has 132 valence electrons. The summed E-state index contributed by atoms with van der Waals surface area (Å²) in [6.07, 6.45) is -4.11. The van der Waals surface area contributed by atoms with E-state index >= 15 is 0 Å². The average Bonchev–Trinajstić information content (AvgIpc) is 2.34. The Labute approximate surface area is 137 Å². The molecule has 0 spiro atoms. The molecule has 0 saturated carbocycles. The summed E-state index contributed by atoms with van der Waals surface area (Å²) >= 11 is 0. The van der Waals surface area contributed by atoms with E-state index in [0.29, 0.717) is 0 Å². The van der Waals surface area contributed by atoms with Crippen molar-refractivity contribution in [3.63, 3.8) is 0 Å². The number of nitrogens with one attached hydrogen (secondary N) is 1. The SMILES string of the molecule is CC(C)(C)OC(=O)Nc1cc(C(F)(F)F)ccc1C(C)(C)N=C=O. The first-order valence-corrected chi connectivity index (χ1v) is 7.07. The fourth-order valence-corrected chi connectivity index (χ4v) is 1.95. The summed E-state index contributed by atoms with van der Waals surface area (Å²) in [4.78, 5) is 26.0. The zero-order valence-electron chi connectivity index (χ0n) is 14.0. The fraction of sp³-hybridized carbons (Fsp3) is 0.500. The van der Waals surface area contributed by atoms with E-state index in [2.05, 4.69) is 10.3 Å². The Hall–Kier alpha value is -2.34. The van der Waals surface area contributed by atoms with Gasteiger partial charge >= 0.3 is 12.3 Å². The average molecular weight is 344 g/mol. The quantitative estimate of drug-likeness (QED) is 0.642. The number of nitrogens with zero attached hydrogens (tertiary/aromatic N) is 1. The number of amides is 1. The van der Waals surface area contributed by atoms with Gasteiger partial charge in [0.05, 0.1) is 16.8 Å². The topological polar surface area (TPSA) is 67.8 Å². The number of benzene rings is 1. The number of anilines is 1. The van der Waals surface area contributed by atoms with E-state index < -0.39 is 29.0 Å². The first kappa shape index (κ1) is 19.7. The second-order valence-electron chi connectivity index (χ2n) is 6.65. The molecule has 0 atom stereocenters. The third-order valence-corrected chi connectivity index (χ3v) is 2.97. The molecule has 1 amide bonds. The number of alkyl halides is 3. The van der Waals surface area contributed by atoms with Crippen LogP contribution in [0.2, 0.25) is 0 Å². The van der Waals surface area contributed by atoms with Gasteiger partial charge in [-0.15, -0.1) is 0 Å². The maximum Gasteiger partial charge on any atom is 0.416 e. The van der Waals surface area contributed by atoms with Gasteiger partial charge in [0.1, 0.15) is 5.60 Å². The van der Waals surface area contributed by atoms with Crippen molar-refractivity contribution >= 4 is 17.9 Å². The largest absolute Gasteiger partial charge is 0.444 e. The molecule has 24 heavy (non-hydrogen) atoms. The van der Waals surface area contributed by atoms with Gasteiger partial charge in [0.25, 0.3) is 0 Å². The second-order valence-corrected chi connectivity index (χ2v) is 6.65. The molecule has 0 heterocycles. The molecule has 0 fully saturated rings. The van der Waals surface area contributed by atoms with Gasteiger partial charge in [0.2, 0.25) is 6.08 Å². The van der Waals surface area contributed by atoms with E-state index in [1.807, 2.05) is 0 Å². The zero-order chi connectivity index (χ0) is 18.8. The molecule has 8 heteroatoms. The predicted molar refractivity (Wildman–Crippen MR) is 82.4 cm³/mol. The molecular weight excluding hydrogens is 325 g/mol. The van der Waals surface area contributed by atoms with Gasteiger partial charge in [0.15, 0.2) is 0 Å². The lowest BCUT2D eigenvalue weighted by atomic mass is 9.92. The van der Waals surface area contributed by atoms with Crippen LogP contribution in [0.5, 0.6) is 0 Å². The highest BCUT2D eigenvalue weighted by Crippen LogP contribution is 2.37. The molecule has 0 bridgehead atoms. The van der Waals surface area contributed by atoms with Crippen molar-refractivity contribution in [3.05, 3.63) is 29.3 Å². The normalized spacial score (nSPS) is 12.3. The number of halogens is 3. The summed E-state index contributed by atoms with van der Waals surface area (Å²) in [6.45, 7) is 7.91. The molecule has 1 aromatic carbocycles. The number of isocyanates is 1. The van der Waals surface area contributed by atoms with Gasteiger partial charge in [-0.3, -0.25) is 5.32 Å². The Kier molecular flexibility index (Phi) is 5.46. The van der Waals surface area contributed by atoms with Crippen molar-refractivity contribution < 1.29 is 27.5 Å². The highest BCUT2D eigenvalue weighted by Gasteiger charge is 2.33. The smallest absolute Gasteiger partial charge is 0.416 e. The number of ether oxygens (including phenoxy) is 1. The van der Waals surface area contributed by atoms with Crippen molar-refractivity contribution in [2.45, 2.75) is 51.9 Å². The van der Waals surface area contributed by atoms with Crippen molar-refractivity contribution in [1.29, 1.82) is 0 Å². The fourth-order valence-electron chi connectivity index (χ4n) is 1.95. The van der Waals surface area contributed by atoms with Crippen LogP contribution in [-0.2, 0) is 21.2 Å². The monoisotopic (exact) mass is 344 g/mol. The standard InChI is InChI=1S/C16H19F3N2O3/c1-14(2,3)24-13(23)21-12-8-10(16(17,18)19)6-7-11(12)15(4,5)20-9-22/h6-8H,1-5H3,(H,21,23). The maximum absolute atomic E-state index is 12.9. The van der Waals surface area contributed by atoms with Crippen LogP contribution in [0, 0.1) is 0 Å². The number of hydrogen-bond donors (Lipinski definition) is 1. The third kappa shape index (κ3) is 5.38. The van der Waals surface area contributed by atoms with Gasteiger partial charge < -0.3 is 4.74 Å².